The molecule has 0 saturated heterocycles. The number of nitrogens with one attached hydrogen (secondary N) is 2. The summed E-state index contributed by atoms with van der Waals surface area (Å²) in [7, 11) is -3.67. The fraction of sp³-hybridized carbons (Fsp3) is 0.619. The maximum atomic E-state index is 13.8. The van der Waals surface area contributed by atoms with E-state index in [9.17, 15) is 27.6 Å². The molecule has 2 aromatic rings. The van der Waals surface area contributed by atoms with Gasteiger partial charge >= 0.3 is 5.97 Å². The molecule has 0 heterocycles. The van der Waals surface area contributed by atoms with Crippen LogP contribution in [-0.4, -0.2) is 51.0 Å². The summed E-state index contributed by atoms with van der Waals surface area (Å²) in [5, 5.41) is 5.45. The summed E-state index contributed by atoms with van der Waals surface area (Å²) in [5.41, 5.74) is -1.38. The van der Waals surface area contributed by atoms with E-state index in [1.165, 1.54) is 107 Å². The number of carbonyl (C=O) groups excluding carboxylic acids is 4. The van der Waals surface area contributed by atoms with Gasteiger partial charge in [-0.25, -0.2) is 13.2 Å². The Bertz CT molecular complexity index is 1700. The summed E-state index contributed by atoms with van der Waals surface area (Å²) in [4.78, 5) is 53.2. The first-order valence-electron chi connectivity index (χ1n) is 19.6. The third-order valence-corrected chi connectivity index (χ3v) is 11.3. The number of sulfone groups is 1. The van der Waals surface area contributed by atoms with Crippen LogP contribution in [0.1, 0.15) is 148 Å². The molecule has 1 unspecified atom stereocenters. The van der Waals surface area contributed by atoms with E-state index in [2.05, 4.69) is 17.6 Å². The van der Waals surface area contributed by atoms with Crippen LogP contribution in [0.15, 0.2) is 41.3 Å². The molecular formula is C42H61ClN2O8S. The van der Waals surface area contributed by atoms with Gasteiger partial charge in [0.15, 0.2) is 15.6 Å². The summed E-state index contributed by atoms with van der Waals surface area (Å²) >= 11 is 6.43. The molecule has 12 heteroatoms. The largest absolute Gasteiger partial charge is 0.470 e. The number of hydrogen-bond acceptors (Lipinski definition) is 8. The molecule has 0 aromatic heterocycles. The number of anilines is 2. The molecule has 0 bridgehead atoms. The number of esters is 1. The fourth-order valence-electron chi connectivity index (χ4n) is 5.84. The van der Waals surface area contributed by atoms with Crippen LogP contribution in [0, 0.1) is 10.8 Å². The van der Waals surface area contributed by atoms with Crippen LogP contribution in [0.4, 0.5) is 11.4 Å². The summed E-state index contributed by atoms with van der Waals surface area (Å²) in [5.74, 6) is -2.39. The number of carbonyl (C=O) groups is 4. The number of hydrogen-bond donors (Lipinski definition) is 2. The molecule has 3 rings (SSSR count). The van der Waals surface area contributed by atoms with Gasteiger partial charge in [0.25, 0.3) is 5.91 Å². The molecule has 1 saturated carbocycles. The number of ketones is 1. The van der Waals surface area contributed by atoms with E-state index >= 15 is 0 Å². The molecule has 0 radical (unpaired) electrons. The third kappa shape index (κ3) is 14.7. The van der Waals surface area contributed by atoms with Gasteiger partial charge in [-0.1, -0.05) is 130 Å². The maximum Gasteiger partial charge on any atom is 0.338 e. The highest BCUT2D eigenvalue weighted by atomic mass is 35.5. The van der Waals surface area contributed by atoms with Gasteiger partial charge in [-0.2, -0.15) is 0 Å². The van der Waals surface area contributed by atoms with Gasteiger partial charge in [0.05, 0.1) is 33.5 Å². The standard InChI is InChI=1S/C42H61ClN2O8S/c1-7-8-9-10-11-12-13-14-15-16-17-18-19-20-27-52-39(48)30-21-23-32(43)33(28-30)44-38(47)36(37(46)42(5)25-26-42)53-35-24-22-31(54(6,50)51)29-34(35)45-40(49)41(2,3)4/h21-24,28-29,36H,7-20,25-27H2,1-6H3,(H,44,47)(H,45,49). The predicted molar refractivity (Wildman–Crippen MR) is 215 cm³/mol. The fourth-order valence-corrected chi connectivity index (χ4v) is 6.66. The first-order valence-corrected chi connectivity index (χ1v) is 21.9. The monoisotopic (exact) mass is 788 g/mol. The van der Waals surface area contributed by atoms with E-state index < -0.39 is 50.3 Å². The van der Waals surface area contributed by atoms with Crippen LogP contribution in [-0.2, 0) is 29.0 Å². The minimum atomic E-state index is -3.67. The molecule has 2 amide bonds. The van der Waals surface area contributed by atoms with Crippen molar-refractivity contribution in [1.29, 1.82) is 0 Å². The molecule has 1 atom stereocenters. The summed E-state index contributed by atoms with van der Waals surface area (Å²) < 4.78 is 36.2. The van der Waals surface area contributed by atoms with E-state index in [0.717, 1.165) is 25.5 Å². The van der Waals surface area contributed by atoms with Crippen molar-refractivity contribution in [2.75, 3.05) is 23.5 Å². The molecule has 0 spiro atoms. The second-order valence-corrected chi connectivity index (χ2v) is 18.4. The zero-order valence-corrected chi connectivity index (χ0v) is 34.7. The van der Waals surface area contributed by atoms with E-state index in [1.54, 1.807) is 27.7 Å². The van der Waals surface area contributed by atoms with E-state index in [1.807, 2.05) is 0 Å². The number of ether oxygens (including phenoxy) is 2. The van der Waals surface area contributed by atoms with Crippen LogP contribution in [0.5, 0.6) is 5.75 Å². The number of benzene rings is 2. The van der Waals surface area contributed by atoms with Crippen molar-refractivity contribution in [3.8, 4) is 5.75 Å². The van der Waals surface area contributed by atoms with Crippen molar-refractivity contribution in [3.05, 3.63) is 47.0 Å². The van der Waals surface area contributed by atoms with Gasteiger partial charge in [-0.3, -0.25) is 14.4 Å². The average molecular weight is 789 g/mol. The summed E-state index contributed by atoms with van der Waals surface area (Å²) in [6, 6.07) is 8.17. The zero-order valence-electron chi connectivity index (χ0n) is 33.1. The lowest BCUT2D eigenvalue weighted by Crippen LogP contribution is -2.43. The van der Waals surface area contributed by atoms with Gasteiger partial charge in [0.1, 0.15) is 5.75 Å². The molecule has 1 aliphatic rings. The number of unbranched alkanes of at least 4 members (excludes halogenated alkanes) is 13. The van der Waals surface area contributed by atoms with Crippen molar-refractivity contribution in [2.45, 2.75) is 148 Å². The number of amides is 2. The topological polar surface area (TPSA) is 145 Å². The minimum Gasteiger partial charge on any atom is -0.470 e. The smallest absolute Gasteiger partial charge is 0.338 e. The highest BCUT2D eigenvalue weighted by molar-refractivity contribution is 7.90. The Morgan fingerprint density at radius 1 is 0.796 bits per heavy atom. The molecule has 10 nitrogen and oxygen atoms in total. The first kappa shape index (κ1) is 45.0. The highest BCUT2D eigenvalue weighted by Crippen LogP contribution is 2.47. The van der Waals surface area contributed by atoms with Gasteiger partial charge in [0, 0.05) is 17.1 Å². The summed E-state index contributed by atoms with van der Waals surface area (Å²) in [6.45, 7) is 9.31. The van der Waals surface area contributed by atoms with Crippen LogP contribution in [0.25, 0.3) is 0 Å². The molecule has 0 aliphatic heterocycles. The second kappa shape index (κ2) is 21.0. The van der Waals surface area contributed by atoms with Crippen LogP contribution in [0.2, 0.25) is 5.02 Å². The quantitative estimate of drug-likeness (QED) is 0.0608. The van der Waals surface area contributed by atoms with Crippen molar-refractivity contribution in [1.82, 2.24) is 0 Å². The first-order chi connectivity index (χ1) is 25.5. The van der Waals surface area contributed by atoms with Crippen molar-refractivity contribution < 1.29 is 37.1 Å². The van der Waals surface area contributed by atoms with E-state index in [-0.39, 0.29) is 39.2 Å². The molecule has 1 aliphatic carbocycles. The average Bonchev–Trinajstić information content (AvgIpc) is 3.87. The maximum absolute atomic E-state index is 13.8. The lowest BCUT2D eigenvalue weighted by atomic mass is 9.95. The molecule has 1 fully saturated rings. The van der Waals surface area contributed by atoms with Crippen LogP contribution >= 0.6 is 11.6 Å². The highest BCUT2D eigenvalue weighted by Gasteiger charge is 2.50. The second-order valence-electron chi connectivity index (χ2n) is 16.0. The Hall–Kier alpha value is -3.44. The Morgan fingerprint density at radius 3 is 1.87 bits per heavy atom. The van der Waals surface area contributed by atoms with Crippen molar-refractivity contribution in [3.63, 3.8) is 0 Å². The van der Waals surface area contributed by atoms with Gasteiger partial charge in [-0.05, 0) is 55.7 Å². The molecule has 2 aromatic carbocycles. The summed E-state index contributed by atoms with van der Waals surface area (Å²) in [6.07, 6.45) is 17.7. The van der Waals surface area contributed by atoms with Gasteiger partial charge < -0.3 is 20.1 Å². The Morgan fingerprint density at radius 2 is 1.35 bits per heavy atom. The Balaban J connectivity index is 1.59. The molecule has 54 heavy (non-hydrogen) atoms. The Labute approximate surface area is 327 Å². The number of halogens is 1. The molecular weight excluding hydrogens is 728 g/mol. The predicted octanol–water partition coefficient (Wildman–Crippen LogP) is 10.1. The minimum absolute atomic E-state index is 0.00835. The lowest BCUT2D eigenvalue weighted by Gasteiger charge is -2.24. The Kier molecular flexibility index (Phi) is 17.5. The van der Waals surface area contributed by atoms with E-state index in [4.69, 9.17) is 21.1 Å². The lowest BCUT2D eigenvalue weighted by molar-refractivity contribution is -0.138. The normalized spacial score (nSPS) is 14.2. The van der Waals surface area contributed by atoms with Crippen molar-refractivity contribution >= 4 is 56.4 Å². The van der Waals surface area contributed by atoms with E-state index in [0.29, 0.717) is 12.8 Å². The van der Waals surface area contributed by atoms with Crippen molar-refractivity contribution in [2.24, 2.45) is 10.8 Å². The number of Topliss-reactive ketones (excluding diaryl/α,β-unsaturated/α-hetero) is 1. The SMILES string of the molecule is CCCCCCCCCCCCCCCCOC(=O)c1ccc(Cl)c(NC(=O)C(Oc2ccc(S(C)(=O)=O)cc2NC(=O)C(C)(C)C)C(=O)C2(C)CC2)c1. The van der Waals surface area contributed by atoms with Gasteiger partial charge in [0.2, 0.25) is 12.0 Å². The number of rotatable bonds is 24. The van der Waals surface area contributed by atoms with Crippen LogP contribution < -0.4 is 15.4 Å². The molecule has 2 N–H and O–H groups in total. The van der Waals surface area contributed by atoms with Crippen LogP contribution in [0.3, 0.4) is 0 Å². The van der Waals surface area contributed by atoms with Gasteiger partial charge in [-0.15, -0.1) is 0 Å². The third-order valence-electron chi connectivity index (χ3n) is 9.82. The molecule has 300 valence electrons. The zero-order chi connectivity index (χ0) is 39.9.